The molecule has 160 valence electrons. The molecular weight excluding hydrogens is 432 g/mol. The predicted octanol–water partition coefficient (Wildman–Crippen LogP) is 4.45. The Kier molecular flexibility index (Phi) is 6.73. The highest BCUT2D eigenvalue weighted by Crippen LogP contribution is 2.29. The van der Waals surface area contributed by atoms with E-state index in [0.717, 1.165) is 22.0 Å². The molecule has 9 heteroatoms. The minimum atomic E-state index is -0.335. The summed E-state index contributed by atoms with van der Waals surface area (Å²) >= 11 is 2.99. The van der Waals surface area contributed by atoms with Crippen molar-refractivity contribution in [3.8, 4) is 17.1 Å². The van der Waals surface area contributed by atoms with E-state index in [9.17, 15) is 4.79 Å². The molecule has 1 N–H and O–H groups in total. The van der Waals surface area contributed by atoms with Crippen molar-refractivity contribution in [2.45, 2.75) is 30.4 Å². The summed E-state index contributed by atoms with van der Waals surface area (Å²) in [5.41, 5.74) is 0.875. The number of carbonyl (C=O) groups excluding carboxylic acids is 1. The molecule has 1 aromatic carbocycles. The van der Waals surface area contributed by atoms with Crippen molar-refractivity contribution in [1.29, 1.82) is 0 Å². The first-order valence-corrected chi connectivity index (χ1v) is 11.5. The highest BCUT2D eigenvalue weighted by atomic mass is 32.2. The standard InChI is InChI=1S/C22H22N4O3S2/c1-15(21(27)23-13-19-9-5-11-30-19)31-22-25-24-20(16-6-3-7-17(12-16)28-2)26(22)14-18-8-4-10-29-18/h3-12,15H,13-14H2,1-2H3,(H,23,27)/t15-/m0/s1. The second-order valence-corrected chi connectivity index (χ2v) is 9.10. The molecule has 0 bridgehead atoms. The van der Waals surface area contributed by atoms with Crippen molar-refractivity contribution in [3.63, 3.8) is 0 Å². The minimum Gasteiger partial charge on any atom is -0.497 e. The topological polar surface area (TPSA) is 82.2 Å². The number of hydrogen-bond donors (Lipinski definition) is 1. The molecule has 0 spiro atoms. The molecule has 4 rings (SSSR count). The molecule has 0 radical (unpaired) electrons. The average molecular weight is 455 g/mol. The number of nitrogens with one attached hydrogen (secondary N) is 1. The van der Waals surface area contributed by atoms with E-state index >= 15 is 0 Å². The van der Waals surface area contributed by atoms with Gasteiger partial charge in [-0.05, 0) is 42.6 Å². The van der Waals surface area contributed by atoms with Crippen LogP contribution in [0.3, 0.4) is 0 Å². The molecule has 0 aliphatic heterocycles. The van der Waals surface area contributed by atoms with Crippen LogP contribution in [0.1, 0.15) is 17.6 Å². The lowest BCUT2D eigenvalue weighted by molar-refractivity contribution is -0.120. The minimum absolute atomic E-state index is 0.0473. The number of nitrogens with zero attached hydrogens (tertiary/aromatic N) is 3. The zero-order valence-corrected chi connectivity index (χ0v) is 18.8. The van der Waals surface area contributed by atoms with Crippen molar-refractivity contribution in [2.75, 3.05) is 7.11 Å². The number of furan rings is 1. The third-order valence-electron chi connectivity index (χ3n) is 4.61. The first-order valence-electron chi connectivity index (χ1n) is 9.71. The molecular formula is C22H22N4O3S2. The van der Waals surface area contributed by atoms with E-state index in [1.807, 2.05) is 65.4 Å². The fourth-order valence-corrected chi connectivity index (χ4v) is 4.51. The summed E-state index contributed by atoms with van der Waals surface area (Å²) in [6.07, 6.45) is 1.64. The number of benzene rings is 1. The van der Waals surface area contributed by atoms with Crippen LogP contribution in [0.2, 0.25) is 0 Å². The molecule has 0 aliphatic rings. The van der Waals surface area contributed by atoms with Crippen molar-refractivity contribution in [3.05, 3.63) is 70.8 Å². The maximum Gasteiger partial charge on any atom is 0.233 e. The first kappa shape index (κ1) is 21.2. The molecule has 0 unspecified atom stereocenters. The number of carbonyl (C=O) groups is 1. The second-order valence-electron chi connectivity index (χ2n) is 6.76. The van der Waals surface area contributed by atoms with Crippen LogP contribution >= 0.6 is 23.1 Å². The van der Waals surface area contributed by atoms with Gasteiger partial charge in [0.1, 0.15) is 11.5 Å². The van der Waals surface area contributed by atoms with Crippen LogP contribution in [0.4, 0.5) is 0 Å². The first-order chi connectivity index (χ1) is 15.1. The van der Waals surface area contributed by atoms with Gasteiger partial charge >= 0.3 is 0 Å². The van der Waals surface area contributed by atoms with Gasteiger partial charge in [-0.3, -0.25) is 9.36 Å². The number of hydrogen-bond acceptors (Lipinski definition) is 7. The third-order valence-corrected chi connectivity index (χ3v) is 6.56. The van der Waals surface area contributed by atoms with E-state index in [1.54, 1.807) is 24.7 Å². The number of thioether (sulfide) groups is 1. The van der Waals surface area contributed by atoms with E-state index in [1.165, 1.54) is 11.8 Å². The predicted molar refractivity (Wildman–Crippen MR) is 121 cm³/mol. The van der Waals surface area contributed by atoms with Gasteiger partial charge in [0.25, 0.3) is 0 Å². The zero-order valence-electron chi connectivity index (χ0n) is 17.1. The Bertz CT molecular complexity index is 1120. The molecule has 3 heterocycles. The molecule has 0 saturated heterocycles. The van der Waals surface area contributed by atoms with Crippen LogP contribution in [-0.2, 0) is 17.9 Å². The van der Waals surface area contributed by atoms with Crippen molar-refractivity contribution in [2.24, 2.45) is 0 Å². The van der Waals surface area contributed by atoms with E-state index in [-0.39, 0.29) is 11.2 Å². The summed E-state index contributed by atoms with van der Waals surface area (Å²) < 4.78 is 12.9. The lowest BCUT2D eigenvalue weighted by Crippen LogP contribution is -2.30. The Morgan fingerprint density at radius 3 is 2.90 bits per heavy atom. The largest absolute Gasteiger partial charge is 0.497 e. The molecule has 0 aliphatic carbocycles. The molecule has 1 amide bonds. The summed E-state index contributed by atoms with van der Waals surface area (Å²) in [7, 11) is 1.63. The smallest absolute Gasteiger partial charge is 0.233 e. The van der Waals surface area contributed by atoms with Gasteiger partial charge < -0.3 is 14.5 Å². The summed E-state index contributed by atoms with van der Waals surface area (Å²) in [5.74, 6) is 2.15. The van der Waals surface area contributed by atoms with Gasteiger partial charge in [-0.2, -0.15) is 0 Å². The number of rotatable bonds is 9. The second kappa shape index (κ2) is 9.84. The Hall–Kier alpha value is -3.04. The summed E-state index contributed by atoms with van der Waals surface area (Å²) in [6.45, 7) is 2.85. The highest BCUT2D eigenvalue weighted by molar-refractivity contribution is 8.00. The summed E-state index contributed by atoms with van der Waals surface area (Å²) in [4.78, 5) is 13.7. The molecule has 0 fully saturated rings. The lowest BCUT2D eigenvalue weighted by Gasteiger charge is -2.13. The normalized spacial score (nSPS) is 11.9. The Balaban J connectivity index is 1.56. The van der Waals surface area contributed by atoms with Gasteiger partial charge in [0.15, 0.2) is 11.0 Å². The van der Waals surface area contributed by atoms with Crippen LogP contribution in [0.25, 0.3) is 11.4 Å². The highest BCUT2D eigenvalue weighted by Gasteiger charge is 2.22. The van der Waals surface area contributed by atoms with Gasteiger partial charge in [0.05, 0.1) is 31.7 Å². The van der Waals surface area contributed by atoms with Gasteiger partial charge in [-0.15, -0.1) is 21.5 Å². The van der Waals surface area contributed by atoms with E-state index in [2.05, 4.69) is 15.5 Å². The van der Waals surface area contributed by atoms with Crippen LogP contribution in [0.5, 0.6) is 5.75 Å². The van der Waals surface area contributed by atoms with Gasteiger partial charge in [0, 0.05) is 10.4 Å². The SMILES string of the molecule is COc1cccc(-c2nnc(S[C@@H](C)C(=O)NCc3cccs3)n2Cc2ccco2)c1. The number of ether oxygens (including phenoxy) is 1. The van der Waals surface area contributed by atoms with Crippen LogP contribution in [-0.4, -0.2) is 33.0 Å². The third kappa shape index (κ3) is 5.18. The summed E-state index contributed by atoms with van der Waals surface area (Å²) in [5, 5.41) is 14.1. The summed E-state index contributed by atoms with van der Waals surface area (Å²) in [6, 6.07) is 15.4. The Morgan fingerprint density at radius 1 is 1.26 bits per heavy atom. The Labute approximate surface area is 188 Å². The zero-order chi connectivity index (χ0) is 21.6. The van der Waals surface area contributed by atoms with Crippen molar-refractivity contribution >= 4 is 29.0 Å². The van der Waals surface area contributed by atoms with Crippen molar-refractivity contribution < 1.29 is 13.9 Å². The Morgan fingerprint density at radius 2 is 2.16 bits per heavy atom. The molecule has 0 saturated carbocycles. The molecule has 3 aromatic heterocycles. The van der Waals surface area contributed by atoms with Gasteiger partial charge in [-0.1, -0.05) is 30.0 Å². The van der Waals surface area contributed by atoms with E-state index in [4.69, 9.17) is 9.15 Å². The molecule has 1 atom stereocenters. The fraction of sp³-hybridized carbons (Fsp3) is 0.227. The monoisotopic (exact) mass is 454 g/mol. The van der Waals surface area contributed by atoms with Crippen LogP contribution < -0.4 is 10.1 Å². The van der Waals surface area contributed by atoms with E-state index < -0.39 is 0 Å². The van der Waals surface area contributed by atoms with Crippen LogP contribution in [0.15, 0.2) is 69.7 Å². The molecule has 31 heavy (non-hydrogen) atoms. The van der Waals surface area contributed by atoms with Gasteiger partial charge in [0.2, 0.25) is 5.91 Å². The maximum absolute atomic E-state index is 12.6. The average Bonchev–Trinajstić information content (AvgIpc) is 3.56. The molecule has 4 aromatic rings. The number of methoxy groups -OCH3 is 1. The molecule has 7 nitrogen and oxygen atoms in total. The fourth-order valence-electron chi connectivity index (χ4n) is 3.00. The quantitative estimate of drug-likeness (QED) is 0.376. The number of amides is 1. The number of thiophene rings is 1. The lowest BCUT2D eigenvalue weighted by atomic mass is 10.2. The van der Waals surface area contributed by atoms with E-state index in [0.29, 0.717) is 24.1 Å². The maximum atomic E-state index is 12.6. The number of aromatic nitrogens is 3. The van der Waals surface area contributed by atoms with Gasteiger partial charge in [-0.25, -0.2) is 0 Å². The van der Waals surface area contributed by atoms with Crippen LogP contribution in [0, 0.1) is 0 Å². The van der Waals surface area contributed by atoms with Crippen molar-refractivity contribution in [1.82, 2.24) is 20.1 Å².